The van der Waals surface area contributed by atoms with Gasteiger partial charge in [-0.1, -0.05) is 18.7 Å². The van der Waals surface area contributed by atoms with Crippen LogP contribution in [0.1, 0.15) is 31.5 Å². The normalized spacial score (nSPS) is 19.1. The average molecular weight is 318 g/mol. The largest absolute Gasteiger partial charge is 0.481 e. The number of carboxylic acids is 1. The molecule has 2 rings (SSSR count). The van der Waals surface area contributed by atoms with E-state index in [1.54, 1.807) is 6.20 Å². The number of aliphatic carboxylic acids is 1. The van der Waals surface area contributed by atoms with E-state index >= 15 is 0 Å². The molecule has 0 saturated carbocycles. The highest BCUT2D eigenvalue weighted by molar-refractivity contribution is 7.99. The number of imidazole rings is 1. The van der Waals surface area contributed by atoms with Gasteiger partial charge in [0.25, 0.3) is 0 Å². The fourth-order valence-electron chi connectivity index (χ4n) is 2.40. The molecule has 0 radical (unpaired) electrons. The maximum absolute atomic E-state index is 11.5. The van der Waals surface area contributed by atoms with Crippen LogP contribution < -0.4 is 0 Å². The first-order valence-electron chi connectivity index (χ1n) is 6.54. The predicted octanol–water partition coefficient (Wildman–Crippen LogP) is 1.37. The summed E-state index contributed by atoms with van der Waals surface area (Å²) < 4.78 is 25.1. The molecule has 0 unspecified atom stereocenters. The van der Waals surface area contributed by atoms with Gasteiger partial charge in [0.2, 0.25) is 0 Å². The molecule has 0 bridgehead atoms. The van der Waals surface area contributed by atoms with E-state index in [1.165, 1.54) is 11.8 Å². The molecule has 1 aromatic rings. The molecule has 1 aliphatic heterocycles. The molecule has 1 N–H and O–H groups in total. The molecule has 1 aromatic heterocycles. The minimum absolute atomic E-state index is 0.0365. The van der Waals surface area contributed by atoms with Gasteiger partial charge in [-0.3, -0.25) is 4.79 Å². The van der Waals surface area contributed by atoms with Crippen molar-refractivity contribution >= 4 is 27.6 Å². The molecule has 0 aromatic carbocycles. The zero-order valence-electron chi connectivity index (χ0n) is 11.3. The second-order valence-corrected chi connectivity index (χ2v) is 8.07. The maximum atomic E-state index is 11.5. The van der Waals surface area contributed by atoms with Crippen molar-refractivity contribution < 1.29 is 18.3 Å². The standard InChI is InChI=1S/C12H18N2O4S2/c1-2-9-7-13-12(19-8-11(15)16)14(9)10-3-5-20(17,18)6-4-10/h7,10H,2-6,8H2,1H3,(H,15,16). The Morgan fingerprint density at radius 2 is 2.15 bits per heavy atom. The fourth-order valence-corrected chi connectivity index (χ4v) is 4.65. The van der Waals surface area contributed by atoms with Crippen molar-refractivity contribution in [2.45, 2.75) is 37.4 Å². The Morgan fingerprint density at radius 1 is 1.50 bits per heavy atom. The van der Waals surface area contributed by atoms with Gasteiger partial charge < -0.3 is 9.67 Å². The van der Waals surface area contributed by atoms with Crippen molar-refractivity contribution in [2.24, 2.45) is 0 Å². The molecular formula is C12H18N2O4S2. The number of carboxylic acid groups (broad SMARTS) is 1. The van der Waals surface area contributed by atoms with Crippen molar-refractivity contribution in [3.8, 4) is 0 Å². The zero-order valence-corrected chi connectivity index (χ0v) is 12.9. The van der Waals surface area contributed by atoms with E-state index in [4.69, 9.17) is 5.11 Å². The topological polar surface area (TPSA) is 89.3 Å². The lowest BCUT2D eigenvalue weighted by Gasteiger charge is -2.26. The van der Waals surface area contributed by atoms with Crippen molar-refractivity contribution in [3.63, 3.8) is 0 Å². The second-order valence-electron chi connectivity index (χ2n) is 4.82. The summed E-state index contributed by atoms with van der Waals surface area (Å²) in [7, 11) is -2.90. The molecule has 1 saturated heterocycles. The van der Waals surface area contributed by atoms with Crippen LogP contribution >= 0.6 is 11.8 Å². The van der Waals surface area contributed by atoms with E-state index < -0.39 is 15.8 Å². The molecule has 2 heterocycles. The minimum atomic E-state index is -2.90. The smallest absolute Gasteiger partial charge is 0.313 e. The van der Waals surface area contributed by atoms with Crippen LogP contribution in [0.2, 0.25) is 0 Å². The number of nitrogens with zero attached hydrogens (tertiary/aromatic N) is 2. The van der Waals surface area contributed by atoms with E-state index in [9.17, 15) is 13.2 Å². The molecule has 6 nitrogen and oxygen atoms in total. The van der Waals surface area contributed by atoms with Crippen molar-refractivity contribution in [1.82, 2.24) is 9.55 Å². The quantitative estimate of drug-likeness (QED) is 0.825. The predicted molar refractivity (Wildman–Crippen MR) is 76.9 cm³/mol. The maximum Gasteiger partial charge on any atom is 0.313 e. The zero-order chi connectivity index (χ0) is 14.8. The summed E-state index contributed by atoms with van der Waals surface area (Å²) in [4.78, 5) is 15.0. The summed E-state index contributed by atoms with van der Waals surface area (Å²) in [5, 5.41) is 9.45. The summed E-state index contributed by atoms with van der Waals surface area (Å²) in [5.74, 6) is -0.524. The first-order chi connectivity index (χ1) is 9.43. The lowest BCUT2D eigenvalue weighted by Crippen LogP contribution is -2.26. The Labute approximate surface area is 122 Å². The van der Waals surface area contributed by atoms with Gasteiger partial charge in [-0.15, -0.1) is 0 Å². The third-order valence-corrected chi connectivity index (χ3v) is 6.08. The number of thioether (sulfide) groups is 1. The Hall–Kier alpha value is -1.02. The lowest BCUT2D eigenvalue weighted by atomic mass is 10.1. The molecule has 1 fully saturated rings. The monoisotopic (exact) mass is 318 g/mol. The number of aryl methyl sites for hydroxylation is 1. The van der Waals surface area contributed by atoms with Crippen molar-refractivity contribution in [1.29, 1.82) is 0 Å². The first kappa shape index (κ1) is 15.4. The number of rotatable bonds is 5. The highest BCUT2D eigenvalue weighted by Gasteiger charge is 2.27. The number of hydrogen-bond acceptors (Lipinski definition) is 5. The summed E-state index contributed by atoms with van der Waals surface area (Å²) in [6.45, 7) is 2.01. The molecular weight excluding hydrogens is 300 g/mol. The number of carbonyl (C=O) groups is 1. The van der Waals surface area contributed by atoms with Gasteiger partial charge in [0.05, 0.1) is 17.3 Å². The van der Waals surface area contributed by atoms with Crippen LogP contribution in [0, 0.1) is 0 Å². The number of hydrogen-bond donors (Lipinski definition) is 1. The van der Waals surface area contributed by atoms with Crippen molar-refractivity contribution in [3.05, 3.63) is 11.9 Å². The van der Waals surface area contributed by atoms with Gasteiger partial charge in [0, 0.05) is 17.9 Å². The average Bonchev–Trinajstić information content (AvgIpc) is 2.79. The lowest BCUT2D eigenvalue weighted by molar-refractivity contribution is -0.133. The van der Waals surface area contributed by atoms with E-state index in [2.05, 4.69) is 4.98 Å². The van der Waals surface area contributed by atoms with Crippen LogP contribution in [0.4, 0.5) is 0 Å². The molecule has 0 aliphatic carbocycles. The number of aromatic nitrogens is 2. The van der Waals surface area contributed by atoms with Crippen LogP contribution in [-0.2, 0) is 21.1 Å². The Morgan fingerprint density at radius 3 is 2.70 bits per heavy atom. The van der Waals surface area contributed by atoms with Gasteiger partial charge in [-0.25, -0.2) is 13.4 Å². The van der Waals surface area contributed by atoms with Gasteiger partial charge in [0.1, 0.15) is 9.84 Å². The van der Waals surface area contributed by atoms with Gasteiger partial charge in [-0.05, 0) is 19.3 Å². The van der Waals surface area contributed by atoms with E-state index in [0.717, 1.165) is 12.1 Å². The van der Waals surface area contributed by atoms with Crippen LogP contribution in [0.15, 0.2) is 11.4 Å². The molecule has 112 valence electrons. The summed E-state index contributed by atoms with van der Waals surface area (Å²) in [5.41, 5.74) is 1.03. The van der Waals surface area contributed by atoms with Crippen LogP contribution in [0.25, 0.3) is 0 Å². The Balaban J connectivity index is 2.20. The van der Waals surface area contributed by atoms with Gasteiger partial charge in [0.15, 0.2) is 5.16 Å². The third-order valence-electron chi connectivity index (χ3n) is 3.42. The van der Waals surface area contributed by atoms with Gasteiger partial charge in [-0.2, -0.15) is 0 Å². The Bertz CT molecular complexity index is 581. The molecule has 1 aliphatic rings. The Kier molecular flexibility index (Phi) is 4.74. The van der Waals surface area contributed by atoms with E-state index in [0.29, 0.717) is 18.0 Å². The van der Waals surface area contributed by atoms with Crippen LogP contribution in [0.3, 0.4) is 0 Å². The third kappa shape index (κ3) is 3.54. The molecule has 0 amide bonds. The molecule has 0 atom stereocenters. The number of sulfone groups is 1. The van der Waals surface area contributed by atoms with E-state index in [-0.39, 0.29) is 23.3 Å². The van der Waals surface area contributed by atoms with Crippen molar-refractivity contribution in [2.75, 3.05) is 17.3 Å². The van der Waals surface area contributed by atoms with Crippen LogP contribution in [0.5, 0.6) is 0 Å². The summed E-state index contributed by atoms with van der Waals surface area (Å²) in [6, 6.07) is 0.104. The summed E-state index contributed by atoms with van der Waals surface area (Å²) in [6.07, 6.45) is 3.70. The minimum Gasteiger partial charge on any atom is -0.481 e. The highest BCUT2D eigenvalue weighted by Crippen LogP contribution is 2.30. The van der Waals surface area contributed by atoms with Crippen LogP contribution in [-0.4, -0.2) is 46.3 Å². The summed E-state index contributed by atoms with van der Waals surface area (Å²) >= 11 is 1.19. The highest BCUT2D eigenvalue weighted by atomic mass is 32.2. The molecule has 8 heteroatoms. The van der Waals surface area contributed by atoms with E-state index in [1.807, 2.05) is 11.5 Å². The fraction of sp³-hybridized carbons (Fsp3) is 0.667. The van der Waals surface area contributed by atoms with Gasteiger partial charge >= 0.3 is 5.97 Å². The second kappa shape index (κ2) is 6.17. The molecule has 20 heavy (non-hydrogen) atoms. The molecule has 0 spiro atoms. The first-order valence-corrected chi connectivity index (χ1v) is 9.34. The SMILES string of the molecule is CCc1cnc(SCC(=O)O)n1C1CCS(=O)(=O)CC1.